The van der Waals surface area contributed by atoms with Gasteiger partial charge in [-0.2, -0.15) is 0 Å². The van der Waals surface area contributed by atoms with Crippen molar-refractivity contribution < 1.29 is 4.74 Å². The maximum Gasteiger partial charge on any atom is 0.171 e. The van der Waals surface area contributed by atoms with E-state index in [1.807, 2.05) is 19.2 Å². The van der Waals surface area contributed by atoms with E-state index in [1.54, 1.807) is 18.4 Å². The van der Waals surface area contributed by atoms with Gasteiger partial charge in [0, 0.05) is 29.6 Å². The lowest BCUT2D eigenvalue weighted by Gasteiger charge is -2.05. The Morgan fingerprint density at radius 3 is 2.72 bits per heavy atom. The number of anilines is 1. The van der Waals surface area contributed by atoms with E-state index in [9.17, 15) is 0 Å². The minimum atomic E-state index is 0.482. The molecule has 0 atom stereocenters. The molecule has 0 aliphatic carbocycles. The highest BCUT2D eigenvalue weighted by atomic mass is 79.9. The molecule has 0 radical (unpaired) electrons. The molecule has 6 heteroatoms. The molecular formula is C12H14BrN3OS. The van der Waals surface area contributed by atoms with Gasteiger partial charge in [-0.1, -0.05) is 0 Å². The quantitative estimate of drug-likeness (QED) is 0.934. The highest BCUT2D eigenvalue weighted by molar-refractivity contribution is 9.10. The fourth-order valence-electron chi connectivity index (χ4n) is 1.53. The molecule has 2 aromatic heterocycles. The van der Waals surface area contributed by atoms with E-state index in [-0.39, 0.29) is 0 Å². The highest BCUT2D eigenvalue weighted by Gasteiger charge is 2.10. The zero-order valence-electron chi connectivity index (χ0n) is 10.5. The lowest BCUT2D eigenvalue weighted by Crippen LogP contribution is -2.01. The number of halogens is 1. The molecule has 18 heavy (non-hydrogen) atoms. The molecule has 0 bridgehead atoms. The largest absolute Gasteiger partial charge is 0.378 e. The molecule has 1 N–H and O–H groups in total. The van der Waals surface area contributed by atoms with Gasteiger partial charge in [0.15, 0.2) is 5.82 Å². The van der Waals surface area contributed by atoms with Crippen LogP contribution in [0.15, 0.2) is 16.6 Å². The lowest BCUT2D eigenvalue weighted by molar-refractivity contribution is 0.181. The van der Waals surface area contributed by atoms with Crippen LogP contribution >= 0.6 is 27.3 Å². The topological polar surface area (TPSA) is 47.0 Å². The van der Waals surface area contributed by atoms with Gasteiger partial charge in [-0.3, -0.25) is 0 Å². The van der Waals surface area contributed by atoms with Crippen molar-refractivity contribution in [2.24, 2.45) is 0 Å². The number of nitrogens with zero attached hydrogens (tertiary/aromatic N) is 2. The zero-order valence-corrected chi connectivity index (χ0v) is 12.9. The van der Waals surface area contributed by atoms with Crippen molar-refractivity contribution in [3.05, 3.63) is 27.2 Å². The summed E-state index contributed by atoms with van der Waals surface area (Å²) in [5.74, 6) is 1.53. The SMILES string of the molecule is CNc1cc(COC)nc(-c2cc(Br)c(C)s2)n1. The normalized spacial score (nSPS) is 10.7. The molecule has 0 aromatic carbocycles. The second kappa shape index (κ2) is 5.77. The van der Waals surface area contributed by atoms with E-state index in [1.165, 1.54) is 4.88 Å². The monoisotopic (exact) mass is 327 g/mol. The highest BCUT2D eigenvalue weighted by Crippen LogP contribution is 2.32. The van der Waals surface area contributed by atoms with Crippen molar-refractivity contribution in [1.82, 2.24) is 9.97 Å². The molecule has 0 aliphatic heterocycles. The maximum absolute atomic E-state index is 5.12. The molecule has 2 heterocycles. The molecule has 2 aromatic rings. The average molecular weight is 328 g/mol. The number of aryl methyl sites for hydroxylation is 1. The van der Waals surface area contributed by atoms with E-state index in [2.05, 4.69) is 38.1 Å². The third-order valence-electron chi connectivity index (χ3n) is 2.41. The van der Waals surface area contributed by atoms with Crippen LogP contribution in [-0.2, 0) is 11.3 Å². The summed E-state index contributed by atoms with van der Waals surface area (Å²) < 4.78 is 6.22. The van der Waals surface area contributed by atoms with Gasteiger partial charge in [0.05, 0.1) is 17.2 Å². The summed E-state index contributed by atoms with van der Waals surface area (Å²) in [5.41, 5.74) is 0.869. The molecule has 2 rings (SSSR count). The average Bonchev–Trinajstić information content (AvgIpc) is 2.70. The second-order valence-electron chi connectivity index (χ2n) is 3.77. The van der Waals surface area contributed by atoms with Gasteiger partial charge in [-0.15, -0.1) is 11.3 Å². The smallest absolute Gasteiger partial charge is 0.171 e. The number of hydrogen-bond acceptors (Lipinski definition) is 5. The number of rotatable bonds is 4. The van der Waals surface area contributed by atoms with Gasteiger partial charge >= 0.3 is 0 Å². The Kier molecular flexibility index (Phi) is 4.31. The number of nitrogens with one attached hydrogen (secondary N) is 1. The van der Waals surface area contributed by atoms with Crippen LogP contribution in [0.3, 0.4) is 0 Å². The van der Waals surface area contributed by atoms with Crippen molar-refractivity contribution in [1.29, 1.82) is 0 Å². The molecule has 4 nitrogen and oxygen atoms in total. The van der Waals surface area contributed by atoms with Crippen LogP contribution in [0.1, 0.15) is 10.6 Å². The van der Waals surface area contributed by atoms with Crippen LogP contribution in [0, 0.1) is 6.92 Å². The first kappa shape index (κ1) is 13.5. The molecular weight excluding hydrogens is 314 g/mol. The van der Waals surface area contributed by atoms with E-state index in [4.69, 9.17) is 4.74 Å². The van der Waals surface area contributed by atoms with Crippen LogP contribution in [0.2, 0.25) is 0 Å². The number of methoxy groups -OCH3 is 1. The van der Waals surface area contributed by atoms with E-state index in [0.717, 1.165) is 26.7 Å². The fourth-order valence-corrected chi connectivity index (χ4v) is 3.00. The molecule has 96 valence electrons. The predicted molar refractivity (Wildman–Crippen MR) is 78.0 cm³/mol. The number of thiophene rings is 1. The molecule has 0 unspecified atom stereocenters. The summed E-state index contributed by atoms with van der Waals surface area (Å²) in [7, 11) is 3.50. The Balaban J connectivity index is 2.45. The first-order valence-electron chi connectivity index (χ1n) is 5.45. The molecule has 0 amide bonds. The third-order valence-corrected chi connectivity index (χ3v) is 4.54. The zero-order chi connectivity index (χ0) is 13.1. The van der Waals surface area contributed by atoms with Gasteiger partial charge < -0.3 is 10.1 Å². The van der Waals surface area contributed by atoms with Crippen LogP contribution in [-0.4, -0.2) is 24.1 Å². The van der Waals surface area contributed by atoms with Crippen molar-refractivity contribution >= 4 is 33.1 Å². The standard InChI is InChI=1S/C12H14BrN3OS/c1-7-9(13)5-10(18-7)12-15-8(6-17-3)4-11(14-2)16-12/h4-5H,6H2,1-3H3,(H,14,15,16). The van der Waals surface area contributed by atoms with Crippen LogP contribution < -0.4 is 5.32 Å². The number of hydrogen-bond donors (Lipinski definition) is 1. The van der Waals surface area contributed by atoms with Crippen LogP contribution in [0.5, 0.6) is 0 Å². The van der Waals surface area contributed by atoms with Gasteiger partial charge in [0.25, 0.3) is 0 Å². The third kappa shape index (κ3) is 2.88. The van der Waals surface area contributed by atoms with Gasteiger partial charge in [-0.25, -0.2) is 9.97 Å². The lowest BCUT2D eigenvalue weighted by atomic mass is 10.3. The molecule has 0 aliphatic rings. The predicted octanol–water partition coefficient (Wildman–Crippen LogP) is 3.46. The number of ether oxygens (including phenoxy) is 1. The van der Waals surface area contributed by atoms with Gasteiger partial charge in [0.2, 0.25) is 0 Å². The van der Waals surface area contributed by atoms with Gasteiger partial charge in [0.1, 0.15) is 5.82 Å². The minimum Gasteiger partial charge on any atom is -0.378 e. The molecule has 0 saturated carbocycles. The molecule has 0 spiro atoms. The van der Waals surface area contributed by atoms with E-state index in [0.29, 0.717) is 6.61 Å². The van der Waals surface area contributed by atoms with Gasteiger partial charge in [-0.05, 0) is 28.9 Å². The van der Waals surface area contributed by atoms with Crippen LogP contribution in [0.4, 0.5) is 5.82 Å². The Bertz CT molecular complexity index is 537. The first-order valence-corrected chi connectivity index (χ1v) is 7.06. The Morgan fingerprint density at radius 2 is 2.17 bits per heavy atom. The summed E-state index contributed by atoms with van der Waals surface area (Å²) in [6.45, 7) is 2.55. The maximum atomic E-state index is 5.12. The summed E-state index contributed by atoms with van der Waals surface area (Å²) >= 11 is 5.19. The summed E-state index contributed by atoms with van der Waals surface area (Å²) in [5, 5.41) is 3.04. The minimum absolute atomic E-state index is 0.482. The Hall–Kier alpha value is -0.980. The van der Waals surface area contributed by atoms with E-state index < -0.39 is 0 Å². The molecule has 0 saturated heterocycles. The first-order chi connectivity index (χ1) is 8.63. The van der Waals surface area contributed by atoms with Crippen molar-refractivity contribution in [3.8, 4) is 10.7 Å². The Labute approximate surface area is 119 Å². The summed E-state index contributed by atoms with van der Waals surface area (Å²) in [6.07, 6.45) is 0. The molecule has 0 fully saturated rings. The fraction of sp³-hybridized carbons (Fsp3) is 0.333. The Morgan fingerprint density at radius 1 is 1.39 bits per heavy atom. The van der Waals surface area contributed by atoms with E-state index >= 15 is 0 Å². The number of aromatic nitrogens is 2. The van der Waals surface area contributed by atoms with Crippen molar-refractivity contribution in [3.63, 3.8) is 0 Å². The van der Waals surface area contributed by atoms with Crippen LogP contribution in [0.25, 0.3) is 10.7 Å². The van der Waals surface area contributed by atoms with Crippen molar-refractivity contribution in [2.75, 3.05) is 19.5 Å². The second-order valence-corrected chi connectivity index (χ2v) is 5.88. The summed E-state index contributed by atoms with van der Waals surface area (Å²) in [6, 6.07) is 3.94. The summed E-state index contributed by atoms with van der Waals surface area (Å²) in [4.78, 5) is 11.2. The van der Waals surface area contributed by atoms with Crippen molar-refractivity contribution in [2.45, 2.75) is 13.5 Å².